The molecular weight excluding hydrogens is 276 g/mol. The van der Waals surface area contributed by atoms with Crippen LogP contribution < -0.4 is 4.74 Å². The molecule has 1 atom stereocenters. The molecule has 1 saturated heterocycles. The number of nitrogens with zero attached hydrogens (tertiary/aromatic N) is 3. The molecular formula is C17H24N4O. The second kappa shape index (κ2) is 6.92. The smallest absolute Gasteiger partial charge is 0.154 e. The third kappa shape index (κ3) is 3.47. The lowest BCUT2D eigenvalue weighted by molar-refractivity contribution is 0.316. The van der Waals surface area contributed by atoms with Crippen molar-refractivity contribution in [3.05, 3.63) is 41.5 Å². The van der Waals surface area contributed by atoms with E-state index in [1.165, 1.54) is 25.9 Å². The van der Waals surface area contributed by atoms with Gasteiger partial charge in [0.2, 0.25) is 0 Å². The van der Waals surface area contributed by atoms with E-state index in [4.69, 9.17) is 4.74 Å². The van der Waals surface area contributed by atoms with Gasteiger partial charge in [0, 0.05) is 24.4 Å². The molecule has 1 aromatic heterocycles. The molecule has 1 aliphatic rings. The second-order valence-corrected chi connectivity index (χ2v) is 6.04. The van der Waals surface area contributed by atoms with Crippen LogP contribution in [0.5, 0.6) is 5.75 Å². The van der Waals surface area contributed by atoms with Crippen LogP contribution in [0.1, 0.15) is 42.9 Å². The van der Waals surface area contributed by atoms with Gasteiger partial charge < -0.3 is 9.64 Å². The number of para-hydroxylation sites is 1. The first-order valence-corrected chi connectivity index (χ1v) is 8.01. The van der Waals surface area contributed by atoms with Crippen molar-refractivity contribution in [2.45, 2.75) is 32.1 Å². The van der Waals surface area contributed by atoms with E-state index >= 15 is 0 Å². The van der Waals surface area contributed by atoms with E-state index < -0.39 is 0 Å². The summed E-state index contributed by atoms with van der Waals surface area (Å²) in [5, 5.41) is 7.48. The highest BCUT2D eigenvalue weighted by Crippen LogP contribution is 2.21. The minimum absolute atomic E-state index is 0.362. The number of aromatic nitrogens is 3. The monoisotopic (exact) mass is 300 g/mol. The van der Waals surface area contributed by atoms with Crippen molar-refractivity contribution >= 4 is 0 Å². The Kier molecular flexibility index (Phi) is 4.73. The summed E-state index contributed by atoms with van der Waals surface area (Å²) in [6, 6.07) is 8.04. The molecule has 1 N–H and O–H groups in total. The fraction of sp³-hybridized carbons (Fsp3) is 0.529. The molecule has 1 fully saturated rings. The van der Waals surface area contributed by atoms with E-state index in [9.17, 15) is 0 Å². The lowest BCUT2D eigenvalue weighted by Crippen LogP contribution is -2.24. The van der Waals surface area contributed by atoms with Crippen molar-refractivity contribution in [2.75, 3.05) is 26.7 Å². The van der Waals surface area contributed by atoms with Gasteiger partial charge in [-0.1, -0.05) is 25.1 Å². The Bertz CT molecular complexity index is 604. The first-order valence-electron chi connectivity index (χ1n) is 8.01. The van der Waals surface area contributed by atoms with Crippen LogP contribution in [0.25, 0.3) is 0 Å². The number of aromatic amines is 1. The normalized spacial score (nSPS) is 16.8. The predicted molar refractivity (Wildman–Crippen MR) is 86.3 cm³/mol. The van der Waals surface area contributed by atoms with Crippen LogP contribution in [0.4, 0.5) is 0 Å². The molecule has 2 aromatic rings. The van der Waals surface area contributed by atoms with Crippen LogP contribution in [0.15, 0.2) is 24.3 Å². The number of rotatable bonds is 6. The summed E-state index contributed by atoms with van der Waals surface area (Å²) in [5.74, 6) is 3.07. The Hall–Kier alpha value is -1.88. The quantitative estimate of drug-likeness (QED) is 0.891. The van der Waals surface area contributed by atoms with Gasteiger partial charge in [-0.3, -0.25) is 5.10 Å². The summed E-state index contributed by atoms with van der Waals surface area (Å²) in [6.07, 6.45) is 3.35. The van der Waals surface area contributed by atoms with Crippen LogP contribution >= 0.6 is 0 Å². The molecule has 0 aliphatic carbocycles. The van der Waals surface area contributed by atoms with Crippen molar-refractivity contribution in [3.8, 4) is 5.75 Å². The van der Waals surface area contributed by atoms with Gasteiger partial charge in [-0.25, -0.2) is 4.98 Å². The summed E-state index contributed by atoms with van der Waals surface area (Å²) in [5.41, 5.74) is 1.12. The number of likely N-dealkylation sites (tertiary alicyclic amines) is 1. The topological polar surface area (TPSA) is 54.0 Å². The molecule has 0 spiro atoms. The molecule has 1 aromatic carbocycles. The summed E-state index contributed by atoms with van der Waals surface area (Å²) >= 11 is 0. The number of nitrogens with one attached hydrogen (secondary N) is 1. The third-order valence-corrected chi connectivity index (χ3v) is 4.27. The zero-order valence-corrected chi connectivity index (χ0v) is 13.4. The Morgan fingerprint density at radius 1 is 1.27 bits per heavy atom. The first-order chi connectivity index (χ1) is 10.8. The first kappa shape index (κ1) is 15.0. The third-order valence-electron chi connectivity index (χ3n) is 4.27. The van der Waals surface area contributed by atoms with Gasteiger partial charge in [0.05, 0.1) is 7.11 Å². The van der Waals surface area contributed by atoms with Crippen LogP contribution in [-0.4, -0.2) is 46.8 Å². The summed E-state index contributed by atoms with van der Waals surface area (Å²) in [7, 11) is 1.70. The number of hydrogen-bond donors (Lipinski definition) is 1. The average molecular weight is 300 g/mol. The molecule has 1 unspecified atom stereocenters. The lowest BCUT2D eigenvalue weighted by Gasteiger charge is -2.17. The van der Waals surface area contributed by atoms with E-state index in [0.717, 1.165) is 29.5 Å². The summed E-state index contributed by atoms with van der Waals surface area (Å²) in [6.45, 7) is 5.67. The lowest BCUT2D eigenvalue weighted by atomic mass is 10.1. The molecule has 0 bridgehead atoms. The molecule has 5 heteroatoms. The number of benzene rings is 1. The second-order valence-electron chi connectivity index (χ2n) is 6.04. The highest BCUT2D eigenvalue weighted by Gasteiger charge is 2.19. The van der Waals surface area contributed by atoms with Gasteiger partial charge in [-0.05, 0) is 32.0 Å². The van der Waals surface area contributed by atoms with Gasteiger partial charge in [-0.15, -0.1) is 0 Å². The fourth-order valence-electron chi connectivity index (χ4n) is 3.07. The molecule has 2 heterocycles. The molecule has 5 nitrogen and oxygen atoms in total. The SMILES string of the molecule is COc1ccccc1Cc1nc(C(C)CN2CCCC2)n[nH]1. The minimum Gasteiger partial charge on any atom is -0.496 e. The Morgan fingerprint density at radius 3 is 2.82 bits per heavy atom. The Balaban J connectivity index is 1.65. The molecule has 0 radical (unpaired) electrons. The Morgan fingerprint density at radius 2 is 2.05 bits per heavy atom. The number of ether oxygens (including phenoxy) is 1. The number of methoxy groups -OCH3 is 1. The van der Waals surface area contributed by atoms with Gasteiger partial charge in [-0.2, -0.15) is 5.10 Å². The van der Waals surface area contributed by atoms with Crippen molar-refractivity contribution < 1.29 is 4.74 Å². The standard InChI is InChI=1S/C17H24N4O/c1-13(12-21-9-5-6-10-21)17-18-16(19-20-17)11-14-7-3-4-8-15(14)22-2/h3-4,7-8,13H,5-6,9-12H2,1-2H3,(H,18,19,20). The van der Waals surface area contributed by atoms with Crippen LogP contribution in [-0.2, 0) is 6.42 Å². The summed E-state index contributed by atoms with van der Waals surface area (Å²) in [4.78, 5) is 7.17. The maximum Gasteiger partial charge on any atom is 0.154 e. The van der Waals surface area contributed by atoms with E-state index in [1.807, 2.05) is 18.2 Å². The van der Waals surface area contributed by atoms with Crippen molar-refractivity contribution in [3.63, 3.8) is 0 Å². The zero-order chi connectivity index (χ0) is 15.4. The molecule has 0 amide bonds. The Labute approximate surface area is 131 Å². The maximum absolute atomic E-state index is 5.39. The zero-order valence-electron chi connectivity index (χ0n) is 13.4. The van der Waals surface area contributed by atoms with Crippen LogP contribution in [0, 0.1) is 0 Å². The van der Waals surface area contributed by atoms with Crippen LogP contribution in [0.3, 0.4) is 0 Å². The molecule has 3 rings (SSSR count). The van der Waals surface area contributed by atoms with E-state index in [1.54, 1.807) is 7.11 Å². The highest BCUT2D eigenvalue weighted by atomic mass is 16.5. The predicted octanol–water partition coefficient (Wildman–Crippen LogP) is 2.60. The maximum atomic E-state index is 5.39. The van der Waals surface area contributed by atoms with Gasteiger partial charge in [0.15, 0.2) is 5.82 Å². The van der Waals surface area contributed by atoms with Gasteiger partial charge in [0.1, 0.15) is 11.6 Å². The van der Waals surface area contributed by atoms with Crippen molar-refractivity contribution in [1.82, 2.24) is 20.1 Å². The number of H-pyrrole nitrogens is 1. The van der Waals surface area contributed by atoms with Gasteiger partial charge >= 0.3 is 0 Å². The summed E-state index contributed by atoms with van der Waals surface area (Å²) < 4.78 is 5.39. The fourth-order valence-corrected chi connectivity index (χ4v) is 3.07. The van der Waals surface area contributed by atoms with E-state index in [-0.39, 0.29) is 0 Å². The molecule has 1 aliphatic heterocycles. The molecule has 22 heavy (non-hydrogen) atoms. The van der Waals surface area contributed by atoms with E-state index in [0.29, 0.717) is 12.3 Å². The van der Waals surface area contributed by atoms with Gasteiger partial charge in [0.25, 0.3) is 0 Å². The molecule has 0 saturated carbocycles. The van der Waals surface area contributed by atoms with Crippen molar-refractivity contribution in [1.29, 1.82) is 0 Å². The van der Waals surface area contributed by atoms with Crippen LogP contribution in [0.2, 0.25) is 0 Å². The largest absolute Gasteiger partial charge is 0.496 e. The highest BCUT2D eigenvalue weighted by molar-refractivity contribution is 5.35. The van der Waals surface area contributed by atoms with Crippen molar-refractivity contribution in [2.24, 2.45) is 0 Å². The van der Waals surface area contributed by atoms with E-state index in [2.05, 4.69) is 33.1 Å². The number of hydrogen-bond acceptors (Lipinski definition) is 4. The minimum atomic E-state index is 0.362. The average Bonchev–Trinajstić information content (AvgIpc) is 3.19. The molecule has 118 valence electrons.